The minimum Gasteiger partial charge on any atom is -0.369 e. The van der Waals surface area contributed by atoms with Crippen molar-refractivity contribution >= 4 is 22.4 Å². The van der Waals surface area contributed by atoms with Crippen molar-refractivity contribution in [3.63, 3.8) is 0 Å². The predicted octanol–water partition coefficient (Wildman–Crippen LogP) is 6.87. The standard InChI is InChI=1S/C36H33F3N4O2/c1-23-9-10-25(17-34(44)26-18-28(36(37,38)39)21-30(19-26)42-13-11-41(3)12-14-42)16-31(23)32-20-27-22-40-24(2)15-33(27)43(35(32)45)29-7-5-4-6-8-29/h4-10,15-16,18-22H,11-14,17H2,1-3H3. The third kappa shape index (κ3) is 6.26. The zero-order valence-corrected chi connectivity index (χ0v) is 25.4. The molecular formula is C36H33F3N4O2. The molecule has 0 amide bonds. The van der Waals surface area contributed by atoms with E-state index in [2.05, 4.69) is 9.88 Å². The Kier molecular flexibility index (Phi) is 8.05. The lowest BCUT2D eigenvalue weighted by atomic mass is 9.94. The Bertz CT molecular complexity index is 1960. The summed E-state index contributed by atoms with van der Waals surface area (Å²) in [6.07, 6.45) is -2.96. The Labute approximate surface area is 259 Å². The van der Waals surface area contributed by atoms with Gasteiger partial charge in [0.25, 0.3) is 5.56 Å². The summed E-state index contributed by atoms with van der Waals surface area (Å²) < 4.78 is 43.4. The fourth-order valence-corrected chi connectivity index (χ4v) is 5.87. The van der Waals surface area contributed by atoms with Gasteiger partial charge in [-0.2, -0.15) is 13.2 Å². The van der Waals surface area contributed by atoms with Gasteiger partial charge in [-0.3, -0.25) is 19.1 Å². The first-order valence-corrected chi connectivity index (χ1v) is 14.8. The molecule has 0 atom stereocenters. The SMILES string of the molecule is Cc1cc2c(cn1)cc(-c1cc(CC(=O)c3cc(N4CCN(C)CC4)cc(C(F)(F)F)c3)ccc1C)c(=O)n2-c1ccccc1. The van der Waals surface area contributed by atoms with Crippen LogP contribution in [0.4, 0.5) is 18.9 Å². The lowest BCUT2D eigenvalue weighted by Crippen LogP contribution is -2.44. The number of hydrogen-bond donors (Lipinski definition) is 0. The summed E-state index contributed by atoms with van der Waals surface area (Å²) >= 11 is 0. The van der Waals surface area contributed by atoms with E-state index in [1.165, 1.54) is 0 Å². The van der Waals surface area contributed by atoms with Crippen LogP contribution in [0.25, 0.3) is 27.7 Å². The number of para-hydroxylation sites is 1. The number of piperazine rings is 1. The van der Waals surface area contributed by atoms with Gasteiger partial charge in [0.15, 0.2) is 5.78 Å². The third-order valence-electron chi connectivity index (χ3n) is 8.43. The lowest BCUT2D eigenvalue weighted by Gasteiger charge is -2.34. The van der Waals surface area contributed by atoms with Crippen molar-refractivity contribution in [1.82, 2.24) is 14.5 Å². The number of aromatic nitrogens is 2. The van der Waals surface area contributed by atoms with E-state index in [1.54, 1.807) is 29.0 Å². The van der Waals surface area contributed by atoms with Crippen LogP contribution < -0.4 is 10.5 Å². The molecule has 3 heterocycles. The summed E-state index contributed by atoms with van der Waals surface area (Å²) in [4.78, 5) is 36.1. The van der Waals surface area contributed by atoms with Gasteiger partial charge >= 0.3 is 6.18 Å². The topological polar surface area (TPSA) is 58.4 Å². The van der Waals surface area contributed by atoms with Gasteiger partial charge in [0.2, 0.25) is 0 Å². The molecule has 0 unspecified atom stereocenters. The number of fused-ring (bicyclic) bond motifs is 1. The quantitative estimate of drug-likeness (QED) is 0.197. The van der Waals surface area contributed by atoms with E-state index < -0.39 is 17.5 Å². The number of alkyl halides is 3. The second-order valence-corrected chi connectivity index (χ2v) is 11.7. The van der Waals surface area contributed by atoms with Crippen LogP contribution in [0, 0.1) is 13.8 Å². The largest absolute Gasteiger partial charge is 0.416 e. The highest BCUT2D eigenvalue weighted by molar-refractivity contribution is 5.99. The van der Waals surface area contributed by atoms with Gasteiger partial charge in [-0.05, 0) is 80.1 Å². The number of rotatable bonds is 6. The Morgan fingerprint density at radius 1 is 0.844 bits per heavy atom. The molecule has 1 aliphatic rings. The van der Waals surface area contributed by atoms with Crippen LogP contribution in [0.2, 0.25) is 0 Å². The molecule has 3 aromatic carbocycles. The second kappa shape index (κ2) is 12.0. The summed E-state index contributed by atoms with van der Waals surface area (Å²) in [6, 6.07) is 22.1. The summed E-state index contributed by atoms with van der Waals surface area (Å²) in [5.41, 5.74) is 4.10. The molecule has 9 heteroatoms. The number of halogens is 3. The molecule has 0 saturated carbocycles. The van der Waals surface area contributed by atoms with Crippen LogP contribution in [0.15, 0.2) is 89.9 Å². The molecule has 0 bridgehead atoms. The third-order valence-corrected chi connectivity index (χ3v) is 8.43. The fourth-order valence-electron chi connectivity index (χ4n) is 5.87. The molecule has 0 aliphatic carbocycles. The zero-order valence-electron chi connectivity index (χ0n) is 25.4. The van der Waals surface area contributed by atoms with Gasteiger partial charge in [0.05, 0.1) is 11.1 Å². The van der Waals surface area contributed by atoms with E-state index in [1.807, 2.05) is 74.3 Å². The molecule has 45 heavy (non-hydrogen) atoms. The monoisotopic (exact) mass is 610 g/mol. The average Bonchev–Trinajstić information content (AvgIpc) is 3.02. The Balaban J connectivity index is 1.39. The molecule has 1 fully saturated rings. The van der Waals surface area contributed by atoms with Crippen molar-refractivity contribution < 1.29 is 18.0 Å². The van der Waals surface area contributed by atoms with Crippen LogP contribution in [-0.4, -0.2) is 53.5 Å². The first kappa shape index (κ1) is 30.3. The maximum atomic E-state index is 14.1. The number of carbonyl (C=O) groups excluding carboxylic acids is 1. The number of pyridine rings is 2. The van der Waals surface area contributed by atoms with Crippen molar-refractivity contribution in [1.29, 1.82) is 0 Å². The van der Waals surface area contributed by atoms with E-state index in [0.29, 0.717) is 41.2 Å². The highest BCUT2D eigenvalue weighted by Gasteiger charge is 2.32. The van der Waals surface area contributed by atoms with Crippen LogP contribution in [0.3, 0.4) is 0 Å². The maximum absolute atomic E-state index is 14.1. The number of aryl methyl sites for hydroxylation is 2. The minimum atomic E-state index is -4.59. The van der Waals surface area contributed by atoms with Gasteiger partial charge < -0.3 is 9.80 Å². The van der Waals surface area contributed by atoms with Crippen LogP contribution in [0.1, 0.15) is 32.7 Å². The number of ketones is 1. The molecule has 1 saturated heterocycles. The van der Waals surface area contributed by atoms with E-state index in [0.717, 1.165) is 47.4 Å². The number of carbonyl (C=O) groups is 1. The molecule has 0 radical (unpaired) electrons. The van der Waals surface area contributed by atoms with Crippen molar-refractivity contribution in [2.24, 2.45) is 0 Å². The maximum Gasteiger partial charge on any atom is 0.416 e. The van der Waals surface area contributed by atoms with Gasteiger partial charge in [0.1, 0.15) is 0 Å². The number of anilines is 1. The molecule has 1 aliphatic heterocycles. The second-order valence-electron chi connectivity index (χ2n) is 11.7. The van der Waals surface area contributed by atoms with E-state index in [4.69, 9.17) is 0 Å². The molecule has 6 rings (SSSR count). The van der Waals surface area contributed by atoms with Crippen molar-refractivity contribution in [2.75, 3.05) is 38.1 Å². The van der Waals surface area contributed by atoms with Gasteiger partial charge in [-0.25, -0.2) is 0 Å². The molecule has 5 aromatic rings. The number of likely N-dealkylation sites (N-methyl/N-ethyl adjacent to an activating group) is 1. The molecule has 6 nitrogen and oxygen atoms in total. The van der Waals surface area contributed by atoms with Gasteiger partial charge in [-0.15, -0.1) is 0 Å². The minimum absolute atomic E-state index is 0.0134. The van der Waals surface area contributed by atoms with Crippen molar-refractivity contribution in [2.45, 2.75) is 26.4 Å². The normalized spacial score (nSPS) is 14.2. The Hall–Kier alpha value is -4.76. The number of nitrogens with zero attached hydrogens (tertiary/aromatic N) is 4. The average molecular weight is 611 g/mol. The number of hydrogen-bond acceptors (Lipinski definition) is 5. The highest BCUT2D eigenvalue weighted by atomic mass is 19.4. The van der Waals surface area contributed by atoms with Crippen LogP contribution in [-0.2, 0) is 12.6 Å². The van der Waals surface area contributed by atoms with E-state index in [-0.39, 0.29) is 17.5 Å². The molecule has 0 N–H and O–H groups in total. The summed E-state index contributed by atoms with van der Waals surface area (Å²) in [5, 5.41) is 0.778. The zero-order chi connectivity index (χ0) is 31.9. The first-order valence-electron chi connectivity index (χ1n) is 14.8. The summed E-state index contributed by atoms with van der Waals surface area (Å²) in [7, 11) is 1.97. The van der Waals surface area contributed by atoms with Crippen molar-refractivity contribution in [3.8, 4) is 16.8 Å². The molecule has 230 valence electrons. The Morgan fingerprint density at radius 2 is 1.58 bits per heavy atom. The predicted molar refractivity (Wildman–Crippen MR) is 171 cm³/mol. The van der Waals surface area contributed by atoms with E-state index >= 15 is 0 Å². The number of benzene rings is 3. The highest BCUT2D eigenvalue weighted by Crippen LogP contribution is 2.34. The van der Waals surface area contributed by atoms with Gasteiger partial charge in [0, 0.05) is 72.4 Å². The molecule has 2 aromatic heterocycles. The fraction of sp³-hybridized carbons (Fsp3) is 0.250. The molecular weight excluding hydrogens is 577 g/mol. The van der Waals surface area contributed by atoms with Crippen molar-refractivity contribution in [3.05, 3.63) is 123 Å². The first-order chi connectivity index (χ1) is 21.5. The van der Waals surface area contributed by atoms with Crippen LogP contribution >= 0.6 is 0 Å². The molecule has 0 spiro atoms. The smallest absolute Gasteiger partial charge is 0.369 e. The Morgan fingerprint density at radius 3 is 2.29 bits per heavy atom. The summed E-state index contributed by atoms with van der Waals surface area (Å²) in [6.45, 7) is 6.36. The van der Waals surface area contributed by atoms with Gasteiger partial charge in [-0.1, -0.05) is 36.4 Å². The van der Waals surface area contributed by atoms with Crippen LogP contribution in [0.5, 0.6) is 0 Å². The number of Topliss-reactive ketones (excluding diaryl/α,β-unsaturated/α-hetero) is 1. The lowest BCUT2D eigenvalue weighted by molar-refractivity contribution is -0.137. The van der Waals surface area contributed by atoms with E-state index in [9.17, 15) is 22.8 Å². The summed E-state index contributed by atoms with van der Waals surface area (Å²) in [5.74, 6) is -0.425.